The van der Waals surface area contributed by atoms with Crippen molar-refractivity contribution in [3.63, 3.8) is 0 Å². The van der Waals surface area contributed by atoms with Crippen LogP contribution in [0.4, 0.5) is 11.4 Å². The van der Waals surface area contributed by atoms with E-state index in [1.807, 2.05) is 12.4 Å². The molecule has 14 nitrogen and oxygen atoms in total. The number of carbonyl (C=O) groups is 1. The van der Waals surface area contributed by atoms with E-state index in [1.165, 1.54) is 76.3 Å². The van der Waals surface area contributed by atoms with Crippen molar-refractivity contribution in [2.45, 2.75) is 209 Å². The number of benzene rings is 2. The van der Waals surface area contributed by atoms with Crippen molar-refractivity contribution in [3.05, 3.63) is 108 Å². The van der Waals surface area contributed by atoms with E-state index in [2.05, 4.69) is 97.3 Å². The topological polar surface area (TPSA) is 214 Å². The van der Waals surface area contributed by atoms with Gasteiger partial charge in [-0.25, -0.2) is 4.57 Å². The summed E-state index contributed by atoms with van der Waals surface area (Å²) in [7, 11) is -8.85. The largest absolute Gasteiger partial charge is 0.394 e. The zero-order valence-electron chi connectivity index (χ0n) is 47.2. The summed E-state index contributed by atoms with van der Waals surface area (Å²) >= 11 is 0. The van der Waals surface area contributed by atoms with E-state index in [0.29, 0.717) is 32.4 Å². The Morgan fingerprint density at radius 3 is 1.78 bits per heavy atom. The molecule has 2 aromatic carbocycles. The Balaban J connectivity index is 1.24. The van der Waals surface area contributed by atoms with E-state index in [-0.39, 0.29) is 28.9 Å². The van der Waals surface area contributed by atoms with Crippen LogP contribution in [-0.2, 0) is 42.4 Å². The van der Waals surface area contributed by atoms with Crippen LogP contribution in [0, 0.1) is 0 Å². The number of fused-ring (bicyclic) bond motifs is 2. The average Bonchev–Trinajstić information content (AvgIpc) is 3.74. The molecule has 5 rings (SSSR count). The number of nitrogens with zero attached hydrogens (tertiary/aromatic N) is 3. The lowest BCUT2D eigenvalue weighted by Crippen LogP contribution is -2.54. The molecule has 426 valence electrons. The van der Waals surface area contributed by atoms with Gasteiger partial charge in [-0.3, -0.25) is 13.9 Å². The standard InChI is InChI=1S/C61H91N5O9S2/c1-7-39-65-54-31-29-50(76(70,71)72)44-52(54)59(3,4)56(65)33-27-48(28-34-57-60(5,6)53-45-51(77(73,74)75)30-32-55(53)66(57)40-8-2)49-35-42-64(43-36-49)41-25-21-22-26-58(69)63-61(46-67,47-68)37-23-19-17-15-13-11-9-10-12-14-16-18-20-24-38-62/h27-36,42-45,67-68H,7-26,37-41,46-47,62H2,1-6H3,(H-2,63,69,70,71,72,73,74,75)/p+2. The van der Waals surface area contributed by atoms with Gasteiger partial charge >= 0.3 is 0 Å². The third-order valence-electron chi connectivity index (χ3n) is 15.7. The quantitative estimate of drug-likeness (QED) is 0.0141. The van der Waals surface area contributed by atoms with Gasteiger partial charge in [0.25, 0.3) is 20.2 Å². The smallest absolute Gasteiger partial charge is 0.294 e. The number of aryl methyl sites for hydroxylation is 1. The second-order valence-corrected chi connectivity index (χ2v) is 25.4. The molecule has 0 unspecified atom stereocenters. The van der Waals surface area contributed by atoms with Crippen molar-refractivity contribution in [1.29, 1.82) is 0 Å². The predicted octanol–water partition coefficient (Wildman–Crippen LogP) is 11.2. The van der Waals surface area contributed by atoms with Gasteiger partial charge in [0.15, 0.2) is 18.1 Å². The number of aliphatic hydroxyl groups is 2. The number of aromatic nitrogens is 1. The van der Waals surface area contributed by atoms with Gasteiger partial charge in [0.1, 0.15) is 13.1 Å². The molecule has 7 N–H and O–H groups in total. The molecule has 0 aliphatic carbocycles. The van der Waals surface area contributed by atoms with E-state index < -0.39 is 36.6 Å². The van der Waals surface area contributed by atoms with Crippen LogP contribution >= 0.6 is 0 Å². The van der Waals surface area contributed by atoms with Gasteiger partial charge < -0.3 is 26.2 Å². The minimum absolute atomic E-state index is 0.150. The molecule has 2 aliphatic heterocycles. The fraction of sp³-hybridized carbons (Fsp3) is 0.590. The zero-order valence-corrected chi connectivity index (χ0v) is 48.9. The van der Waals surface area contributed by atoms with Gasteiger partial charge in [-0.2, -0.15) is 21.4 Å². The lowest BCUT2D eigenvalue weighted by molar-refractivity contribution is -0.697. The molecule has 0 fully saturated rings. The normalized spacial score (nSPS) is 16.0. The summed E-state index contributed by atoms with van der Waals surface area (Å²) in [5.74, 6) is -0.155. The number of allylic oxidation sites excluding steroid dienone is 6. The van der Waals surface area contributed by atoms with Crippen molar-refractivity contribution in [3.8, 4) is 0 Å². The minimum Gasteiger partial charge on any atom is -0.394 e. The first-order valence-electron chi connectivity index (χ1n) is 28.7. The maximum absolute atomic E-state index is 13.1. The van der Waals surface area contributed by atoms with Crippen LogP contribution in [0.2, 0.25) is 0 Å². The van der Waals surface area contributed by atoms with Crippen LogP contribution in [-0.4, -0.2) is 90.7 Å². The first-order valence-corrected chi connectivity index (χ1v) is 31.5. The fourth-order valence-electron chi connectivity index (χ4n) is 11.1. The Labute approximate surface area is 462 Å². The number of amides is 1. The number of unbranched alkanes of at least 4 members (excludes halogenated alkanes) is 15. The third-order valence-corrected chi connectivity index (χ3v) is 17.4. The fourth-order valence-corrected chi connectivity index (χ4v) is 12.2. The molecular weight excluding hydrogens is 1010 g/mol. The van der Waals surface area contributed by atoms with E-state index in [0.717, 1.165) is 110 Å². The molecule has 0 atom stereocenters. The predicted molar refractivity (Wildman–Crippen MR) is 310 cm³/mol. The molecule has 3 aromatic rings. The Morgan fingerprint density at radius 2 is 1.23 bits per heavy atom. The third kappa shape index (κ3) is 17.5. The van der Waals surface area contributed by atoms with Crippen LogP contribution in [0.5, 0.6) is 0 Å². The number of rotatable bonds is 35. The molecule has 1 amide bonds. The first kappa shape index (κ1) is 63.3. The highest BCUT2D eigenvalue weighted by Crippen LogP contribution is 2.49. The summed E-state index contributed by atoms with van der Waals surface area (Å²) in [5, 5.41) is 23.5. The number of hydrogen-bond acceptors (Lipinski definition) is 9. The molecule has 0 bridgehead atoms. The van der Waals surface area contributed by atoms with E-state index in [9.17, 15) is 40.9 Å². The number of hydrogen-bond donors (Lipinski definition) is 6. The van der Waals surface area contributed by atoms with Crippen molar-refractivity contribution in [1.82, 2.24) is 5.32 Å². The average molecular weight is 1100 g/mol. The SMILES string of the molecule is CCCN1/C(=C/C=C(/C=C/C2=[N+](CCC)c3ccc(S(=O)(=O)O)cc3C2(C)C)c2cc[n+](CCCCCC(=O)NC(CO)(CO)CCCCCCCCCCCCCCCCN)cc2)C(C)(C)c2cc(S(=O)(=O)O)ccc21. The lowest BCUT2D eigenvalue weighted by atomic mass is 9.81. The molecule has 3 heterocycles. The second-order valence-electron chi connectivity index (χ2n) is 22.5. The lowest BCUT2D eigenvalue weighted by Gasteiger charge is -2.31. The van der Waals surface area contributed by atoms with Crippen molar-refractivity contribution in [2.75, 3.05) is 37.7 Å². The van der Waals surface area contributed by atoms with Gasteiger partial charge in [-0.15, -0.1) is 0 Å². The van der Waals surface area contributed by atoms with Gasteiger partial charge in [0, 0.05) is 72.4 Å². The van der Waals surface area contributed by atoms with Crippen LogP contribution in [0.25, 0.3) is 5.57 Å². The highest BCUT2D eigenvalue weighted by Gasteiger charge is 2.45. The molecule has 0 spiro atoms. The Morgan fingerprint density at radius 1 is 0.688 bits per heavy atom. The van der Waals surface area contributed by atoms with Crippen molar-refractivity contribution < 1.29 is 50.1 Å². The number of anilines is 1. The maximum Gasteiger partial charge on any atom is 0.294 e. The molecule has 0 saturated carbocycles. The van der Waals surface area contributed by atoms with Crippen LogP contribution in [0.3, 0.4) is 0 Å². The Hall–Kier alpha value is -4.55. The van der Waals surface area contributed by atoms with Crippen LogP contribution < -0.4 is 20.5 Å². The van der Waals surface area contributed by atoms with Gasteiger partial charge in [-0.05, 0) is 112 Å². The van der Waals surface area contributed by atoms with Gasteiger partial charge in [0.05, 0.1) is 34.0 Å². The molecule has 0 radical (unpaired) electrons. The highest BCUT2D eigenvalue weighted by atomic mass is 32.2. The van der Waals surface area contributed by atoms with Crippen LogP contribution in [0.15, 0.2) is 101 Å². The summed E-state index contributed by atoms with van der Waals surface area (Å²) in [4.78, 5) is 15.0. The summed E-state index contributed by atoms with van der Waals surface area (Å²) in [5.41, 5.74) is 10.5. The molecular formula is C61H93N5O9S2+2. The summed E-state index contributed by atoms with van der Waals surface area (Å²) in [6.07, 6.45) is 34.2. The Kier molecular flexibility index (Phi) is 24.3. The molecule has 0 saturated heterocycles. The molecule has 77 heavy (non-hydrogen) atoms. The van der Waals surface area contributed by atoms with Crippen molar-refractivity contribution >= 4 is 48.8 Å². The van der Waals surface area contributed by atoms with E-state index in [4.69, 9.17) is 5.73 Å². The number of carbonyl (C=O) groups excluding carboxylic acids is 1. The summed E-state index contributed by atoms with van der Waals surface area (Å²) < 4.78 is 73.3. The maximum atomic E-state index is 13.1. The number of aliphatic hydroxyl groups excluding tert-OH is 2. The van der Waals surface area contributed by atoms with E-state index in [1.54, 1.807) is 24.3 Å². The van der Waals surface area contributed by atoms with E-state index >= 15 is 0 Å². The number of nitrogens with one attached hydrogen (secondary N) is 1. The monoisotopic (exact) mass is 1100 g/mol. The molecule has 2 aliphatic rings. The molecule has 16 heteroatoms. The van der Waals surface area contributed by atoms with Crippen LogP contribution in [0.1, 0.15) is 193 Å². The zero-order chi connectivity index (χ0) is 56.3. The van der Waals surface area contributed by atoms with Gasteiger partial charge in [0.2, 0.25) is 11.6 Å². The summed E-state index contributed by atoms with van der Waals surface area (Å²) in [6.45, 7) is 14.7. The molecule has 1 aromatic heterocycles. The van der Waals surface area contributed by atoms with Gasteiger partial charge in [-0.1, -0.05) is 117 Å². The number of pyridine rings is 1. The number of nitrogens with two attached hydrogens (primary N) is 1. The summed E-state index contributed by atoms with van der Waals surface area (Å²) in [6, 6.07) is 13.7. The first-order chi connectivity index (χ1) is 36.7. The Bertz CT molecular complexity index is 2760. The van der Waals surface area contributed by atoms with Crippen molar-refractivity contribution in [2.24, 2.45) is 5.73 Å². The minimum atomic E-state index is -4.42. The highest BCUT2D eigenvalue weighted by molar-refractivity contribution is 7.86. The second kappa shape index (κ2) is 29.6.